The predicted molar refractivity (Wildman–Crippen MR) is 124 cm³/mol. The second-order valence-corrected chi connectivity index (χ2v) is 8.86. The summed E-state index contributed by atoms with van der Waals surface area (Å²) in [6, 6.07) is 1.25. The van der Waals surface area contributed by atoms with Crippen LogP contribution in [0.4, 0.5) is 17.9 Å². The molecular weight excluding hydrogens is 404 g/mol. The van der Waals surface area contributed by atoms with E-state index in [0.29, 0.717) is 35.7 Å². The molecule has 2 aromatic rings. The molecule has 1 saturated heterocycles. The molecule has 0 amide bonds. The molecule has 32 heavy (non-hydrogen) atoms. The van der Waals surface area contributed by atoms with Crippen LogP contribution >= 0.6 is 0 Å². The fraction of sp³-hybridized carbons (Fsp3) is 0.478. The zero-order chi connectivity index (χ0) is 22.2. The van der Waals surface area contributed by atoms with Gasteiger partial charge in [0, 0.05) is 24.8 Å². The summed E-state index contributed by atoms with van der Waals surface area (Å²) in [6.07, 6.45) is 11.9. The lowest BCUT2D eigenvalue weighted by molar-refractivity contribution is 0.340. The van der Waals surface area contributed by atoms with Crippen LogP contribution in [-0.4, -0.2) is 50.1 Å². The van der Waals surface area contributed by atoms with Gasteiger partial charge in [0.15, 0.2) is 5.82 Å². The zero-order valence-corrected chi connectivity index (χ0v) is 18.7. The van der Waals surface area contributed by atoms with E-state index in [-0.39, 0.29) is 6.04 Å². The number of nitrogens with zero attached hydrogens (tertiary/aromatic N) is 7. The third-order valence-electron chi connectivity index (χ3n) is 6.63. The van der Waals surface area contributed by atoms with Crippen molar-refractivity contribution in [2.24, 2.45) is 11.8 Å². The molecule has 3 unspecified atom stereocenters. The van der Waals surface area contributed by atoms with Crippen molar-refractivity contribution in [1.29, 1.82) is 0 Å². The van der Waals surface area contributed by atoms with Crippen LogP contribution in [0, 0.1) is 18.8 Å². The van der Waals surface area contributed by atoms with Crippen LogP contribution < -0.4 is 15.1 Å². The highest BCUT2D eigenvalue weighted by molar-refractivity contribution is 5.53. The van der Waals surface area contributed by atoms with Gasteiger partial charge < -0.3 is 19.6 Å². The minimum Gasteiger partial charge on any atom is -0.349 e. The molecule has 1 N–H and O–H groups in total. The van der Waals surface area contributed by atoms with Crippen molar-refractivity contribution in [2.45, 2.75) is 45.3 Å². The van der Waals surface area contributed by atoms with E-state index in [0.717, 1.165) is 31.3 Å². The van der Waals surface area contributed by atoms with Crippen molar-refractivity contribution in [3.8, 4) is 0 Å². The van der Waals surface area contributed by atoms with E-state index in [1.807, 2.05) is 29.8 Å². The minimum absolute atomic E-state index is 0.261. The monoisotopic (exact) mass is 434 g/mol. The molecular formula is C23H30N8O. The minimum atomic E-state index is 0.261. The Balaban J connectivity index is 1.33. The van der Waals surface area contributed by atoms with Crippen molar-refractivity contribution in [3.05, 3.63) is 55.1 Å². The Morgan fingerprint density at radius 1 is 1.12 bits per heavy atom. The van der Waals surface area contributed by atoms with E-state index in [1.54, 1.807) is 12.2 Å². The summed E-state index contributed by atoms with van der Waals surface area (Å²) >= 11 is 0. The molecule has 0 spiro atoms. The number of fused-ring (bicyclic) bond motifs is 3. The van der Waals surface area contributed by atoms with Gasteiger partial charge in [0.25, 0.3) is 0 Å². The van der Waals surface area contributed by atoms with Crippen LogP contribution in [0.5, 0.6) is 0 Å². The number of aromatic nitrogens is 5. The number of aryl methyl sites for hydroxylation is 1. The lowest BCUT2D eigenvalue weighted by Crippen LogP contribution is -2.48. The molecule has 4 heterocycles. The Kier molecular flexibility index (Phi) is 5.32. The van der Waals surface area contributed by atoms with Gasteiger partial charge in [-0.1, -0.05) is 36.5 Å². The molecule has 4 atom stereocenters. The summed E-state index contributed by atoms with van der Waals surface area (Å²) in [7, 11) is 0. The predicted octanol–water partition coefficient (Wildman–Crippen LogP) is 3.32. The summed E-state index contributed by atoms with van der Waals surface area (Å²) < 4.78 is 7.39. The summed E-state index contributed by atoms with van der Waals surface area (Å²) in [5.74, 6) is 3.23. The molecule has 0 aromatic carbocycles. The first-order valence-corrected chi connectivity index (χ1v) is 11.2. The van der Waals surface area contributed by atoms with Crippen LogP contribution in [0.3, 0.4) is 0 Å². The summed E-state index contributed by atoms with van der Waals surface area (Å²) in [4.78, 5) is 13.7. The topological polar surface area (TPSA) is 88.1 Å². The average molecular weight is 435 g/mol. The molecule has 1 aliphatic carbocycles. The number of rotatable bonds is 7. The van der Waals surface area contributed by atoms with E-state index in [9.17, 15) is 0 Å². The van der Waals surface area contributed by atoms with E-state index < -0.39 is 0 Å². The van der Waals surface area contributed by atoms with E-state index in [4.69, 9.17) is 14.6 Å². The number of allylic oxidation sites excluding steroid dienone is 5. The lowest BCUT2D eigenvalue weighted by Gasteiger charge is -2.37. The second kappa shape index (κ2) is 8.29. The van der Waals surface area contributed by atoms with Crippen molar-refractivity contribution in [3.63, 3.8) is 0 Å². The Hall–Kier alpha value is -3.36. The number of nitrogens with one attached hydrogen (secondary N) is 1. The second-order valence-electron chi connectivity index (χ2n) is 8.86. The van der Waals surface area contributed by atoms with Gasteiger partial charge in [-0.3, -0.25) is 0 Å². The van der Waals surface area contributed by atoms with E-state index >= 15 is 0 Å². The van der Waals surface area contributed by atoms with Crippen LogP contribution in [0.25, 0.3) is 0 Å². The molecule has 2 bridgehead atoms. The maximum atomic E-state index is 5.40. The van der Waals surface area contributed by atoms with Gasteiger partial charge in [-0.2, -0.15) is 9.97 Å². The van der Waals surface area contributed by atoms with Crippen LogP contribution in [0.1, 0.15) is 25.6 Å². The van der Waals surface area contributed by atoms with Crippen LogP contribution in [0.15, 0.2) is 53.8 Å². The Morgan fingerprint density at radius 3 is 2.56 bits per heavy atom. The van der Waals surface area contributed by atoms with Gasteiger partial charge in [-0.05, 0) is 50.7 Å². The van der Waals surface area contributed by atoms with Crippen molar-refractivity contribution in [1.82, 2.24) is 24.9 Å². The molecule has 168 valence electrons. The summed E-state index contributed by atoms with van der Waals surface area (Å²) in [5, 5.41) is 12.4. The Bertz CT molecular complexity index is 1050. The van der Waals surface area contributed by atoms with Crippen LogP contribution in [0.2, 0.25) is 0 Å². The first-order valence-electron chi connectivity index (χ1n) is 11.2. The van der Waals surface area contributed by atoms with E-state index in [1.165, 1.54) is 12.8 Å². The largest absolute Gasteiger partial charge is 0.349 e. The van der Waals surface area contributed by atoms with E-state index in [2.05, 4.69) is 45.3 Å². The number of hydrogen-bond donors (Lipinski definition) is 1. The first-order chi connectivity index (χ1) is 15.6. The molecule has 1 saturated carbocycles. The van der Waals surface area contributed by atoms with Gasteiger partial charge in [-0.15, -0.1) is 5.10 Å². The maximum Gasteiger partial charge on any atom is 0.324 e. The highest BCUT2D eigenvalue weighted by Crippen LogP contribution is 2.40. The highest BCUT2D eigenvalue weighted by Gasteiger charge is 2.44. The van der Waals surface area contributed by atoms with Crippen molar-refractivity contribution >= 4 is 17.9 Å². The quantitative estimate of drug-likeness (QED) is 0.664. The van der Waals surface area contributed by atoms with Gasteiger partial charge >= 0.3 is 6.01 Å². The van der Waals surface area contributed by atoms with Crippen molar-refractivity contribution < 1.29 is 4.52 Å². The molecule has 2 fully saturated rings. The Morgan fingerprint density at radius 2 is 1.91 bits per heavy atom. The fourth-order valence-corrected chi connectivity index (χ4v) is 5.28. The van der Waals surface area contributed by atoms with Gasteiger partial charge in [-0.25, -0.2) is 4.68 Å². The average Bonchev–Trinajstić information content (AvgIpc) is 3.48. The third-order valence-corrected chi connectivity index (χ3v) is 6.63. The maximum absolute atomic E-state index is 5.40. The van der Waals surface area contributed by atoms with Gasteiger partial charge in [0.05, 0.1) is 12.6 Å². The van der Waals surface area contributed by atoms with Crippen LogP contribution in [-0.2, 0) is 6.54 Å². The number of piperidine rings is 1. The molecule has 5 rings (SSSR count). The number of anilines is 3. The Labute approximate surface area is 188 Å². The first kappa shape index (κ1) is 20.5. The standard InChI is InChI=1S/C23H30N8O/c1-5-7-9-19(8-6-2)31-15(3)12-30-22(31)26-21(27-30)25-20-17-10-11-18(20)14-29(13-17)23-24-16(4)28-32-23/h5-9,15,17-18,20H,1-2,10-14H2,3-4H3,(H,25,27)/b9-7-,19-8+/t15?,17-,18?,20?/m0/s1. The third kappa shape index (κ3) is 3.61. The lowest BCUT2D eigenvalue weighted by atomic mass is 9.92. The molecule has 9 nitrogen and oxygen atoms in total. The number of hydrogen-bond acceptors (Lipinski definition) is 8. The molecule has 2 aliphatic heterocycles. The summed E-state index contributed by atoms with van der Waals surface area (Å²) in [5.41, 5.74) is 1.02. The normalized spacial score (nSPS) is 27.2. The summed E-state index contributed by atoms with van der Waals surface area (Å²) in [6.45, 7) is 14.3. The zero-order valence-electron chi connectivity index (χ0n) is 18.7. The fourth-order valence-electron chi connectivity index (χ4n) is 5.28. The molecule has 3 aliphatic rings. The van der Waals surface area contributed by atoms with Gasteiger partial charge in [0.1, 0.15) is 0 Å². The smallest absolute Gasteiger partial charge is 0.324 e. The highest BCUT2D eigenvalue weighted by atomic mass is 16.5. The molecule has 9 heteroatoms. The van der Waals surface area contributed by atoms with Gasteiger partial charge in [0.2, 0.25) is 11.9 Å². The van der Waals surface area contributed by atoms with Crippen molar-refractivity contribution in [2.75, 3.05) is 28.2 Å². The SMILES string of the molecule is C=C/C=C\C(=C/C=C)N1c2nc(NC3C4CC[C@H]3CN(c3nc(C)no3)C4)nn2CC1C. The molecule has 2 aromatic heterocycles. The molecule has 0 radical (unpaired) electrons.